The second-order valence-electron chi connectivity index (χ2n) is 2.38. The van der Waals surface area contributed by atoms with Gasteiger partial charge in [-0.15, -0.1) is 0 Å². The monoisotopic (exact) mass is 203 g/mol. The number of rotatable bonds is 2. The number of urea groups is 1. The molecule has 72 valence electrons. The van der Waals surface area contributed by atoms with E-state index < -0.39 is 6.03 Å². The molecule has 0 aromatic carbocycles. The Balaban J connectivity index is 2.55. The van der Waals surface area contributed by atoms with Crippen molar-refractivity contribution in [2.24, 2.45) is 12.9 Å². The standard InChI is InChI=1S/C6H10ClN5O/c1-12-4(7)2-9-5(12)3-10-6(13)11-8/h2H,3,8H2,1H3,(H2,10,11,13). The molecule has 13 heavy (non-hydrogen) atoms. The number of imidazole rings is 1. The van der Waals surface area contributed by atoms with Crippen molar-refractivity contribution in [3.63, 3.8) is 0 Å². The molecule has 0 bridgehead atoms. The number of carbonyl (C=O) groups is 1. The summed E-state index contributed by atoms with van der Waals surface area (Å²) in [4.78, 5) is 14.7. The number of hydrogen-bond donors (Lipinski definition) is 3. The van der Waals surface area contributed by atoms with Gasteiger partial charge in [0.1, 0.15) is 11.0 Å². The van der Waals surface area contributed by atoms with Crippen molar-refractivity contribution in [1.82, 2.24) is 20.3 Å². The number of nitrogens with two attached hydrogens (primary N) is 1. The topological polar surface area (TPSA) is 85.0 Å². The van der Waals surface area contributed by atoms with Gasteiger partial charge in [-0.2, -0.15) is 0 Å². The molecule has 0 saturated heterocycles. The first-order valence-electron chi connectivity index (χ1n) is 3.55. The average Bonchev–Trinajstić information content (AvgIpc) is 2.44. The van der Waals surface area contributed by atoms with E-state index in [0.29, 0.717) is 11.0 Å². The molecule has 0 spiro atoms. The van der Waals surface area contributed by atoms with Crippen LogP contribution >= 0.6 is 11.6 Å². The molecule has 6 nitrogen and oxygen atoms in total. The lowest BCUT2D eigenvalue weighted by atomic mass is 10.6. The quantitative estimate of drug-likeness (QED) is 0.352. The lowest BCUT2D eigenvalue weighted by Gasteiger charge is -2.04. The van der Waals surface area contributed by atoms with Crippen molar-refractivity contribution >= 4 is 17.6 Å². The van der Waals surface area contributed by atoms with E-state index in [1.807, 2.05) is 5.43 Å². The summed E-state index contributed by atoms with van der Waals surface area (Å²) >= 11 is 5.73. The van der Waals surface area contributed by atoms with Gasteiger partial charge in [0.15, 0.2) is 0 Å². The van der Waals surface area contributed by atoms with Crippen LogP contribution in [-0.2, 0) is 13.6 Å². The molecule has 1 rings (SSSR count). The lowest BCUT2D eigenvalue weighted by Crippen LogP contribution is -2.39. The van der Waals surface area contributed by atoms with E-state index in [0.717, 1.165) is 0 Å². The normalized spacial score (nSPS) is 9.77. The van der Waals surface area contributed by atoms with Crippen molar-refractivity contribution in [2.75, 3.05) is 0 Å². The summed E-state index contributed by atoms with van der Waals surface area (Å²) in [5.41, 5.74) is 1.94. The molecule has 1 heterocycles. The van der Waals surface area contributed by atoms with Gasteiger partial charge in [-0.1, -0.05) is 11.6 Å². The number of carbonyl (C=O) groups excluding carboxylic acids is 1. The number of hydrazine groups is 1. The van der Waals surface area contributed by atoms with Crippen LogP contribution in [0, 0.1) is 0 Å². The largest absolute Gasteiger partial charge is 0.330 e. The van der Waals surface area contributed by atoms with Crippen LogP contribution in [0.15, 0.2) is 6.20 Å². The zero-order chi connectivity index (χ0) is 9.84. The molecule has 0 aliphatic carbocycles. The second-order valence-corrected chi connectivity index (χ2v) is 2.77. The maximum atomic E-state index is 10.7. The van der Waals surface area contributed by atoms with Crippen LogP contribution in [-0.4, -0.2) is 15.6 Å². The zero-order valence-corrected chi connectivity index (χ0v) is 7.80. The molecule has 0 aliphatic heterocycles. The van der Waals surface area contributed by atoms with Crippen LogP contribution in [0.25, 0.3) is 0 Å². The van der Waals surface area contributed by atoms with E-state index in [1.54, 1.807) is 11.6 Å². The summed E-state index contributed by atoms with van der Waals surface area (Å²) in [5, 5.41) is 3.00. The summed E-state index contributed by atoms with van der Waals surface area (Å²) < 4.78 is 1.67. The fourth-order valence-electron chi connectivity index (χ4n) is 0.799. The SMILES string of the molecule is Cn1c(Cl)cnc1CNC(=O)NN. The molecule has 7 heteroatoms. The van der Waals surface area contributed by atoms with Gasteiger partial charge in [0, 0.05) is 7.05 Å². The van der Waals surface area contributed by atoms with E-state index >= 15 is 0 Å². The number of amides is 2. The van der Waals surface area contributed by atoms with Crippen LogP contribution in [0.4, 0.5) is 4.79 Å². The van der Waals surface area contributed by atoms with Gasteiger partial charge in [0.2, 0.25) is 0 Å². The molecule has 2 amide bonds. The van der Waals surface area contributed by atoms with Gasteiger partial charge in [-0.3, -0.25) is 5.43 Å². The van der Waals surface area contributed by atoms with Crippen LogP contribution in [0.2, 0.25) is 5.15 Å². The zero-order valence-electron chi connectivity index (χ0n) is 7.04. The summed E-state index contributed by atoms with van der Waals surface area (Å²) in [7, 11) is 1.76. The van der Waals surface area contributed by atoms with E-state index in [-0.39, 0.29) is 6.54 Å². The number of nitrogens with one attached hydrogen (secondary N) is 2. The predicted octanol–water partition coefficient (Wildman–Crippen LogP) is -0.254. The van der Waals surface area contributed by atoms with Gasteiger partial charge >= 0.3 is 6.03 Å². The summed E-state index contributed by atoms with van der Waals surface area (Å²) in [5.74, 6) is 5.52. The molecule has 0 atom stereocenters. The fraction of sp³-hybridized carbons (Fsp3) is 0.333. The highest BCUT2D eigenvalue weighted by Crippen LogP contribution is 2.08. The molecule has 1 aromatic heterocycles. The fourth-order valence-corrected chi connectivity index (χ4v) is 0.945. The predicted molar refractivity (Wildman–Crippen MR) is 47.8 cm³/mol. The Morgan fingerprint density at radius 1 is 1.85 bits per heavy atom. The molecule has 0 unspecified atom stereocenters. The van der Waals surface area contributed by atoms with Crippen molar-refractivity contribution < 1.29 is 4.79 Å². The number of nitrogens with zero attached hydrogens (tertiary/aromatic N) is 2. The Bertz CT molecular complexity index is 310. The third kappa shape index (κ3) is 2.33. The third-order valence-electron chi connectivity index (χ3n) is 1.57. The Hall–Kier alpha value is -1.27. The highest BCUT2D eigenvalue weighted by atomic mass is 35.5. The molecule has 1 aromatic rings. The Kier molecular flexibility index (Phi) is 3.10. The van der Waals surface area contributed by atoms with Crippen molar-refractivity contribution in [3.05, 3.63) is 17.2 Å². The third-order valence-corrected chi connectivity index (χ3v) is 1.92. The Morgan fingerprint density at radius 2 is 2.54 bits per heavy atom. The van der Waals surface area contributed by atoms with E-state index in [1.165, 1.54) is 6.20 Å². The number of halogens is 1. The molecule has 0 fully saturated rings. The summed E-state index contributed by atoms with van der Waals surface area (Å²) in [6.07, 6.45) is 1.51. The summed E-state index contributed by atoms with van der Waals surface area (Å²) in [6, 6.07) is -0.459. The first-order chi connectivity index (χ1) is 6.15. The molecule has 0 saturated carbocycles. The van der Waals surface area contributed by atoms with Crippen LogP contribution in [0.3, 0.4) is 0 Å². The van der Waals surface area contributed by atoms with Gasteiger partial charge in [0.05, 0.1) is 12.7 Å². The van der Waals surface area contributed by atoms with E-state index in [9.17, 15) is 4.79 Å². The van der Waals surface area contributed by atoms with Crippen LogP contribution in [0.1, 0.15) is 5.82 Å². The smallest absolute Gasteiger partial charge is 0.329 e. The number of hydrogen-bond acceptors (Lipinski definition) is 3. The van der Waals surface area contributed by atoms with E-state index in [2.05, 4.69) is 10.3 Å². The van der Waals surface area contributed by atoms with Crippen molar-refractivity contribution in [1.29, 1.82) is 0 Å². The minimum Gasteiger partial charge on any atom is -0.330 e. The van der Waals surface area contributed by atoms with E-state index in [4.69, 9.17) is 17.4 Å². The molecular formula is C6H10ClN5O. The van der Waals surface area contributed by atoms with Gasteiger partial charge < -0.3 is 9.88 Å². The Morgan fingerprint density at radius 3 is 3.00 bits per heavy atom. The van der Waals surface area contributed by atoms with Crippen LogP contribution < -0.4 is 16.6 Å². The van der Waals surface area contributed by atoms with Gasteiger partial charge in [-0.05, 0) is 0 Å². The maximum Gasteiger partial charge on any atom is 0.329 e. The van der Waals surface area contributed by atoms with Crippen LogP contribution in [0.5, 0.6) is 0 Å². The lowest BCUT2D eigenvalue weighted by molar-refractivity contribution is 0.240. The minimum atomic E-state index is -0.459. The highest BCUT2D eigenvalue weighted by molar-refractivity contribution is 6.29. The minimum absolute atomic E-state index is 0.284. The molecule has 0 radical (unpaired) electrons. The maximum absolute atomic E-state index is 10.7. The van der Waals surface area contributed by atoms with Gasteiger partial charge in [-0.25, -0.2) is 15.6 Å². The van der Waals surface area contributed by atoms with Gasteiger partial charge in [0.25, 0.3) is 0 Å². The first kappa shape index (κ1) is 9.82. The summed E-state index contributed by atoms with van der Waals surface area (Å²) in [6.45, 7) is 0.284. The van der Waals surface area contributed by atoms with Crippen molar-refractivity contribution in [3.8, 4) is 0 Å². The first-order valence-corrected chi connectivity index (χ1v) is 3.93. The van der Waals surface area contributed by atoms with Crippen molar-refractivity contribution in [2.45, 2.75) is 6.54 Å². The molecular weight excluding hydrogens is 194 g/mol. The highest BCUT2D eigenvalue weighted by Gasteiger charge is 2.04. The number of aromatic nitrogens is 2. The molecule has 0 aliphatic rings. The Labute approximate surface area is 80.0 Å². The molecule has 4 N–H and O–H groups in total. The average molecular weight is 204 g/mol. The second kappa shape index (κ2) is 4.11.